The summed E-state index contributed by atoms with van der Waals surface area (Å²) in [5.74, 6) is 1.45. The van der Waals surface area contributed by atoms with Gasteiger partial charge < -0.3 is 14.8 Å². The minimum atomic E-state index is -0.260. The normalized spacial score (nSPS) is 10.9. The summed E-state index contributed by atoms with van der Waals surface area (Å²) in [6, 6.07) is 12.3. The summed E-state index contributed by atoms with van der Waals surface area (Å²) in [6.45, 7) is 6.27. The molecule has 0 aliphatic carbocycles. The van der Waals surface area contributed by atoms with Crippen LogP contribution in [-0.2, 0) is 4.79 Å². The van der Waals surface area contributed by atoms with E-state index in [1.807, 2.05) is 18.2 Å². The van der Waals surface area contributed by atoms with E-state index < -0.39 is 0 Å². The maximum atomic E-state index is 12.1. The molecule has 1 amide bonds. The molecular weight excluding hydrogens is 342 g/mol. The molecule has 2 rings (SSSR count). The molecule has 0 spiro atoms. The molecular formula is C22H25NO4. The van der Waals surface area contributed by atoms with Crippen molar-refractivity contribution in [3.8, 4) is 11.5 Å². The third-order valence-electron chi connectivity index (χ3n) is 3.75. The maximum absolute atomic E-state index is 12.1. The molecule has 142 valence electrons. The van der Waals surface area contributed by atoms with Gasteiger partial charge in [-0.3, -0.25) is 9.59 Å². The Bertz CT molecular complexity index is 823. The Morgan fingerprint density at radius 2 is 1.78 bits per heavy atom. The Hall–Kier alpha value is -3.08. The molecule has 1 N–H and O–H groups in total. The predicted molar refractivity (Wildman–Crippen MR) is 107 cm³/mol. The van der Waals surface area contributed by atoms with E-state index in [9.17, 15) is 9.59 Å². The molecule has 0 aromatic heterocycles. The summed E-state index contributed by atoms with van der Waals surface area (Å²) in [5, 5.41) is 2.76. The molecule has 0 atom stereocenters. The van der Waals surface area contributed by atoms with Crippen molar-refractivity contribution >= 4 is 23.5 Å². The minimum Gasteiger partial charge on any atom is -0.493 e. The van der Waals surface area contributed by atoms with Gasteiger partial charge in [-0.25, -0.2) is 0 Å². The van der Waals surface area contributed by atoms with Crippen LogP contribution in [0.15, 0.2) is 48.5 Å². The molecule has 0 unspecified atom stereocenters. The van der Waals surface area contributed by atoms with E-state index in [-0.39, 0.29) is 11.7 Å². The molecule has 0 bridgehead atoms. The van der Waals surface area contributed by atoms with E-state index in [2.05, 4.69) is 19.2 Å². The van der Waals surface area contributed by atoms with Crippen LogP contribution < -0.4 is 14.8 Å². The van der Waals surface area contributed by atoms with Gasteiger partial charge in [0.05, 0.1) is 13.7 Å². The van der Waals surface area contributed by atoms with Crippen molar-refractivity contribution in [3.05, 3.63) is 59.7 Å². The second-order valence-electron chi connectivity index (χ2n) is 6.57. The number of amides is 1. The van der Waals surface area contributed by atoms with Crippen LogP contribution >= 0.6 is 0 Å². The molecule has 2 aromatic rings. The molecule has 2 aromatic carbocycles. The highest BCUT2D eigenvalue weighted by molar-refractivity contribution is 6.02. The van der Waals surface area contributed by atoms with Gasteiger partial charge >= 0.3 is 0 Å². The van der Waals surface area contributed by atoms with Gasteiger partial charge in [0.2, 0.25) is 5.91 Å². The Morgan fingerprint density at radius 3 is 2.37 bits per heavy atom. The van der Waals surface area contributed by atoms with Crippen LogP contribution in [0.1, 0.15) is 36.7 Å². The van der Waals surface area contributed by atoms with Crippen LogP contribution in [-0.4, -0.2) is 25.4 Å². The molecule has 0 saturated carbocycles. The zero-order chi connectivity index (χ0) is 19.8. The molecule has 0 fully saturated rings. The van der Waals surface area contributed by atoms with E-state index in [1.54, 1.807) is 37.5 Å². The van der Waals surface area contributed by atoms with E-state index >= 15 is 0 Å². The second kappa shape index (κ2) is 9.57. The Labute approximate surface area is 160 Å². The van der Waals surface area contributed by atoms with Gasteiger partial charge in [-0.1, -0.05) is 19.9 Å². The van der Waals surface area contributed by atoms with Gasteiger partial charge in [0.25, 0.3) is 0 Å². The molecule has 0 radical (unpaired) electrons. The molecule has 0 aliphatic rings. The van der Waals surface area contributed by atoms with Gasteiger partial charge in [-0.2, -0.15) is 0 Å². The number of carbonyl (C=O) groups excluding carboxylic acids is 2. The highest BCUT2D eigenvalue weighted by atomic mass is 16.5. The lowest BCUT2D eigenvalue weighted by molar-refractivity contribution is -0.111. The van der Waals surface area contributed by atoms with Crippen LogP contribution in [0.2, 0.25) is 0 Å². The fourth-order valence-corrected chi connectivity index (χ4v) is 2.31. The average Bonchev–Trinajstić information content (AvgIpc) is 2.65. The van der Waals surface area contributed by atoms with Gasteiger partial charge in [-0.15, -0.1) is 0 Å². The number of ketones is 1. The van der Waals surface area contributed by atoms with Gasteiger partial charge in [0, 0.05) is 17.3 Å². The van der Waals surface area contributed by atoms with Crippen molar-refractivity contribution in [2.45, 2.75) is 20.8 Å². The average molecular weight is 367 g/mol. The third kappa shape index (κ3) is 6.29. The van der Waals surface area contributed by atoms with Crippen LogP contribution in [0.5, 0.6) is 11.5 Å². The maximum Gasteiger partial charge on any atom is 0.248 e. The fraction of sp³-hybridized carbons (Fsp3) is 0.273. The summed E-state index contributed by atoms with van der Waals surface area (Å²) < 4.78 is 11.1. The van der Waals surface area contributed by atoms with Crippen LogP contribution in [0.25, 0.3) is 6.08 Å². The lowest BCUT2D eigenvalue weighted by atomic mass is 10.1. The summed E-state index contributed by atoms with van der Waals surface area (Å²) in [6.07, 6.45) is 3.15. The van der Waals surface area contributed by atoms with Crippen molar-refractivity contribution in [3.63, 3.8) is 0 Å². The van der Waals surface area contributed by atoms with Gasteiger partial charge in [0.15, 0.2) is 17.3 Å². The summed E-state index contributed by atoms with van der Waals surface area (Å²) in [5.41, 5.74) is 2.06. The highest BCUT2D eigenvalue weighted by Gasteiger charge is 2.06. The van der Waals surface area contributed by atoms with Crippen molar-refractivity contribution in [1.29, 1.82) is 0 Å². The molecule has 5 heteroatoms. The van der Waals surface area contributed by atoms with Crippen LogP contribution in [0.3, 0.4) is 0 Å². The highest BCUT2D eigenvalue weighted by Crippen LogP contribution is 2.29. The molecule has 5 nitrogen and oxygen atoms in total. The number of hydrogen-bond donors (Lipinski definition) is 1. The number of anilines is 1. The number of benzene rings is 2. The Balaban J connectivity index is 2.01. The number of rotatable bonds is 8. The Morgan fingerprint density at radius 1 is 1.07 bits per heavy atom. The first kappa shape index (κ1) is 20.2. The first-order valence-electron chi connectivity index (χ1n) is 8.80. The summed E-state index contributed by atoms with van der Waals surface area (Å²) in [7, 11) is 1.59. The standard InChI is InChI=1S/C22H25NO4/c1-15(2)14-27-20-11-5-17(13-21(20)26-4)6-12-22(25)23-19-9-7-18(8-10-19)16(3)24/h5-13,15H,14H2,1-4H3,(H,23,25)/b12-6+. The second-order valence-corrected chi connectivity index (χ2v) is 6.57. The van der Waals surface area contributed by atoms with Crippen molar-refractivity contribution in [2.75, 3.05) is 19.0 Å². The lowest BCUT2D eigenvalue weighted by Gasteiger charge is -2.12. The molecule has 0 heterocycles. The van der Waals surface area contributed by atoms with E-state index in [4.69, 9.17) is 9.47 Å². The van der Waals surface area contributed by atoms with E-state index in [0.717, 1.165) is 5.56 Å². The fourth-order valence-electron chi connectivity index (χ4n) is 2.31. The molecule has 27 heavy (non-hydrogen) atoms. The number of carbonyl (C=O) groups is 2. The van der Waals surface area contributed by atoms with E-state index in [1.165, 1.54) is 13.0 Å². The largest absolute Gasteiger partial charge is 0.493 e. The SMILES string of the molecule is COc1cc(/C=C/C(=O)Nc2ccc(C(C)=O)cc2)ccc1OCC(C)C. The first-order chi connectivity index (χ1) is 12.9. The quantitative estimate of drug-likeness (QED) is 0.548. The van der Waals surface area contributed by atoms with E-state index in [0.29, 0.717) is 35.3 Å². The smallest absolute Gasteiger partial charge is 0.248 e. The van der Waals surface area contributed by atoms with Crippen LogP contribution in [0, 0.1) is 5.92 Å². The zero-order valence-electron chi connectivity index (χ0n) is 16.1. The zero-order valence-corrected chi connectivity index (χ0v) is 16.1. The summed E-state index contributed by atoms with van der Waals surface area (Å²) >= 11 is 0. The summed E-state index contributed by atoms with van der Waals surface area (Å²) in [4.78, 5) is 23.4. The van der Waals surface area contributed by atoms with Gasteiger partial charge in [0.1, 0.15) is 0 Å². The monoisotopic (exact) mass is 367 g/mol. The number of methoxy groups -OCH3 is 1. The molecule has 0 saturated heterocycles. The number of nitrogens with one attached hydrogen (secondary N) is 1. The van der Waals surface area contributed by atoms with Crippen molar-refractivity contribution in [2.24, 2.45) is 5.92 Å². The number of ether oxygens (including phenoxy) is 2. The van der Waals surface area contributed by atoms with Gasteiger partial charge in [-0.05, 0) is 60.9 Å². The first-order valence-corrected chi connectivity index (χ1v) is 8.80. The molecule has 0 aliphatic heterocycles. The lowest BCUT2D eigenvalue weighted by Crippen LogP contribution is -2.08. The van der Waals surface area contributed by atoms with Crippen molar-refractivity contribution < 1.29 is 19.1 Å². The third-order valence-corrected chi connectivity index (χ3v) is 3.75. The minimum absolute atomic E-state index is 0.0115. The predicted octanol–water partition coefficient (Wildman–Crippen LogP) is 4.58. The topological polar surface area (TPSA) is 64.6 Å². The van der Waals surface area contributed by atoms with Crippen LogP contribution in [0.4, 0.5) is 5.69 Å². The van der Waals surface area contributed by atoms with Crippen molar-refractivity contribution in [1.82, 2.24) is 0 Å². The number of Topliss-reactive ketones (excluding diaryl/α,β-unsaturated/α-hetero) is 1. The Kier molecular flexibility index (Phi) is 7.17. The number of hydrogen-bond acceptors (Lipinski definition) is 4.